The molecular weight excluding hydrogens is 394 g/mol. The number of piperazine rings is 1. The summed E-state index contributed by atoms with van der Waals surface area (Å²) in [5.74, 6) is 0.906. The molecule has 3 rings (SSSR count). The summed E-state index contributed by atoms with van der Waals surface area (Å²) in [6.07, 6.45) is 2.83. The van der Waals surface area contributed by atoms with Crippen molar-refractivity contribution in [2.24, 2.45) is 5.92 Å². The molecule has 1 N–H and O–H groups in total. The summed E-state index contributed by atoms with van der Waals surface area (Å²) in [6.45, 7) is 4.69. The molecule has 0 bridgehead atoms. The average Bonchev–Trinajstić information content (AvgIpc) is 3.18. The maximum atomic E-state index is 3.45. The molecule has 1 heterocycles. The van der Waals surface area contributed by atoms with Crippen molar-refractivity contribution in [1.29, 1.82) is 0 Å². The van der Waals surface area contributed by atoms with Gasteiger partial charge in [-0.1, -0.05) is 18.2 Å². The number of halogens is 3. The minimum Gasteiger partial charge on any atom is -0.314 e. The molecule has 1 saturated heterocycles. The average molecular weight is 415 g/mol. The third-order valence-electron chi connectivity index (χ3n) is 3.84. The van der Waals surface area contributed by atoms with E-state index in [2.05, 4.69) is 57.1 Å². The normalized spacial score (nSPS) is 21.1. The van der Waals surface area contributed by atoms with Crippen LogP contribution < -0.4 is 5.32 Å². The fourth-order valence-electron chi connectivity index (χ4n) is 2.84. The van der Waals surface area contributed by atoms with Crippen molar-refractivity contribution in [2.75, 3.05) is 26.2 Å². The van der Waals surface area contributed by atoms with Crippen LogP contribution in [-0.4, -0.2) is 31.1 Å². The predicted octanol–water partition coefficient (Wildman–Crippen LogP) is 3.49. The second kappa shape index (κ2) is 8.03. The smallest absolute Gasteiger partial charge is 0.0387 e. The van der Waals surface area contributed by atoms with E-state index >= 15 is 0 Å². The molecule has 5 heteroatoms. The molecule has 1 saturated carbocycles. The van der Waals surface area contributed by atoms with E-state index in [-0.39, 0.29) is 24.8 Å². The van der Waals surface area contributed by atoms with Crippen molar-refractivity contribution >= 4 is 47.4 Å². The lowest BCUT2D eigenvalue weighted by Gasteiger charge is -2.36. The van der Waals surface area contributed by atoms with E-state index in [0.717, 1.165) is 19.0 Å². The quantitative estimate of drug-likeness (QED) is 0.761. The summed E-state index contributed by atoms with van der Waals surface area (Å²) in [6, 6.07) is 9.58. The third kappa shape index (κ3) is 4.21. The van der Waals surface area contributed by atoms with Crippen LogP contribution >= 0.6 is 47.4 Å². The van der Waals surface area contributed by atoms with Crippen LogP contribution in [0, 0.1) is 9.49 Å². The molecule has 0 amide bonds. The monoisotopic (exact) mass is 414 g/mol. The minimum absolute atomic E-state index is 0. The summed E-state index contributed by atoms with van der Waals surface area (Å²) >= 11 is 2.49. The lowest BCUT2D eigenvalue weighted by atomic mass is 10.00. The summed E-state index contributed by atoms with van der Waals surface area (Å²) in [4.78, 5) is 2.69. The molecule has 2 nitrogen and oxygen atoms in total. The molecule has 0 unspecified atom stereocenters. The Balaban J connectivity index is 0.000000902. The SMILES string of the molecule is Cl.Cl.Ic1ccccc1[C@H](C1CC1)N1CCNCC1. The highest BCUT2D eigenvalue weighted by atomic mass is 127. The number of rotatable bonds is 3. The van der Waals surface area contributed by atoms with E-state index in [0.29, 0.717) is 6.04 Å². The van der Waals surface area contributed by atoms with Gasteiger partial charge in [0.05, 0.1) is 0 Å². The van der Waals surface area contributed by atoms with Crippen LogP contribution in [0.4, 0.5) is 0 Å². The van der Waals surface area contributed by atoms with Crippen LogP contribution in [0.25, 0.3) is 0 Å². The predicted molar refractivity (Wildman–Crippen MR) is 93.6 cm³/mol. The third-order valence-corrected chi connectivity index (χ3v) is 4.82. The Morgan fingerprint density at radius 2 is 1.74 bits per heavy atom. The standard InChI is InChI=1S/C14H19IN2.2ClH/c15-13-4-2-1-3-12(13)14(11-5-6-11)17-9-7-16-8-10-17;;/h1-4,11,14,16H,5-10H2;2*1H/t14-;;/m0../s1. The van der Waals surface area contributed by atoms with Gasteiger partial charge in [0.1, 0.15) is 0 Å². The van der Waals surface area contributed by atoms with Crippen molar-refractivity contribution in [3.8, 4) is 0 Å². The fraction of sp³-hybridized carbons (Fsp3) is 0.571. The first-order valence-electron chi connectivity index (χ1n) is 6.55. The molecule has 2 aliphatic rings. The number of nitrogens with one attached hydrogen (secondary N) is 1. The van der Waals surface area contributed by atoms with Crippen molar-refractivity contribution in [3.05, 3.63) is 33.4 Å². The van der Waals surface area contributed by atoms with E-state index in [9.17, 15) is 0 Å². The summed E-state index contributed by atoms with van der Waals surface area (Å²) in [5.41, 5.74) is 1.55. The molecule has 0 radical (unpaired) electrons. The van der Waals surface area contributed by atoms with Gasteiger partial charge in [-0.05, 0) is 53.0 Å². The first kappa shape index (κ1) is 17.5. The number of hydrogen-bond acceptors (Lipinski definition) is 2. The fourth-order valence-corrected chi connectivity index (χ4v) is 3.54. The van der Waals surface area contributed by atoms with Gasteiger partial charge in [-0.25, -0.2) is 0 Å². The number of nitrogens with zero attached hydrogens (tertiary/aromatic N) is 1. The molecule has 19 heavy (non-hydrogen) atoms. The first-order valence-corrected chi connectivity index (χ1v) is 7.63. The maximum absolute atomic E-state index is 3.45. The van der Waals surface area contributed by atoms with Gasteiger partial charge < -0.3 is 5.32 Å². The van der Waals surface area contributed by atoms with Crippen molar-refractivity contribution < 1.29 is 0 Å². The topological polar surface area (TPSA) is 15.3 Å². The second-order valence-electron chi connectivity index (χ2n) is 5.09. The van der Waals surface area contributed by atoms with Gasteiger partial charge >= 0.3 is 0 Å². The van der Waals surface area contributed by atoms with Crippen molar-refractivity contribution in [2.45, 2.75) is 18.9 Å². The van der Waals surface area contributed by atoms with E-state index < -0.39 is 0 Å². The van der Waals surface area contributed by atoms with Crippen molar-refractivity contribution in [3.63, 3.8) is 0 Å². The van der Waals surface area contributed by atoms with E-state index in [1.54, 1.807) is 5.56 Å². The van der Waals surface area contributed by atoms with Crippen LogP contribution in [0.5, 0.6) is 0 Å². The Labute approximate surface area is 141 Å². The summed E-state index contributed by atoms with van der Waals surface area (Å²) in [5, 5.41) is 3.45. The van der Waals surface area contributed by atoms with E-state index in [1.165, 1.54) is 29.5 Å². The second-order valence-corrected chi connectivity index (χ2v) is 6.25. The zero-order valence-electron chi connectivity index (χ0n) is 10.8. The van der Waals surface area contributed by atoms with Gasteiger partial charge in [0.15, 0.2) is 0 Å². The number of hydrogen-bond donors (Lipinski definition) is 1. The lowest BCUT2D eigenvalue weighted by molar-refractivity contribution is 0.155. The summed E-state index contributed by atoms with van der Waals surface area (Å²) < 4.78 is 1.43. The van der Waals surface area contributed by atoms with Crippen LogP contribution in [0.15, 0.2) is 24.3 Å². The Morgan fingerprint density at radius 1 is 1.11 bits per heavy atom. The minimum atomic E-state index is 0. The molecule has 1 aromatic rings. The van der Waals surface area contributed by atoms with Gasteiger partial charge in [-0.15, -0.1) is 24.8 Å². The molecule has 0 aromatic heterocycles. The zero-order chi connectivity index (χ0) is 11.7. The molecule has 0 spiro atoms. The van der Waals surface area contributed by atoms with Crippen LogP contribution in [0.1, 0.15) is 24.4 Å². The Hall–Kier alpha value is 0.450. The highest BCUT2D eigenvalue weighted by Gasteiger charge is 2.37. The lowest BCUT2D eigenvalue weighted by Crippen LogP contribution is -2.45. The highest BCUT2D eigenvalue weighted by Crippen LogP contribution is 2.45. The Morgan fingerprint density at radius 3 is 2.32 bits per heavy atom. The van der Waals surface area contributed by atoms with Gasteiger partial charge in [0.2, 0.25) is 0 Å². The Bertz CT molecular complexity index is 393. The summed E-state index contributed by atoms with van der Waals surface area (Å²) in [7, 11) is 0. The molecule has 1 aliphatic heterocycles. The van der Waals surface area contributed by atoms with Crippen LogP contribution in [0.2, 0.25) is 0 Å². The van der Waals surface area contributed by atoms with Gasteiger partial charge in [0, 0.05) is 35.8 Å². The van der Waals surface area contributed by atoms with Gasteiger partial charge in [-0.3, -0.25) is 4.90 Å². The zero-order valence-corrected chi connectivity index (χ0v) is 14.6. The van der Waals surface area contributed by atoms with Gasteiger partial charge in [-0.2, -0.15) is 0 Å². The largest absolute Gasteiger partial charge is 0.314 e. The molecule has 108 valence electrons. The molecule has 1 aliphatic carbocycles. The number of benzene rings is 1. The van der Waals surface area contributed by atoms with E-state index in [4.69, 9.17) is 0 Å². The molecule has 1 atom stereocenters. The van der Waals surface area contributed by atoms with Gasteiger partial charge in [0.25, 0.3) is 0 Å². The van der Waals surface area contributed by atoms with Crippen LogP contribution in [0.3, 0.4) is 0 Å². The maximum Gasteiger partial charge on any atom is 0.0387 e. The molecule has 1 aromatic carbocycles. The van der Waals surface area contributed by atoms with Crippen molar-refractivity contribution in [1.82, 2.24) is 10.2 Å². The molecular formula is C14H21Cl2IN2. The highest BCUT2D eigenvalue weighted by molar-refractivity contribution is 14.1. The van der Waals surface area contributed by atoms with E-state index in [1.807, 2.05) is 0 Å². The first-order chi connectivity index (χ1) is 8.36. The molecule has 2 fully saturated rings. The van der Waals surface area contributed by atoms with Crippen LogP contribution in [-0.2, 0) is 0 Å². The Kier molecular flexibility index (Phi) is 7.40.